The molecule has 1 heterocycles. The minimum Gasteiger partial charge on any atom is -0.454 e. The number of nitrogens with one attached hydrogen (secondary N) is 2. The number of rotatable bonds is 9. The van der Waals surface area contributed by atoms with Crippen molar-refractivity contribution < 1.29 is 9.47 Å². The van der Waals surface area contributed by atoms with Gasteiger partial charge >= 0.3 is 0 Å². The van der Waals surface area contributed by atoms with Crippen LogP contribution in [0.3, 0.4) is 0 Å². The quantitative estimate of drug-likeness (QED) is 0.410. The molecule has 0 radical (unpaired) electrons. The summed E-state index contributed by atoms with van der Waals surface area (Å²) in [5.41, 5.74) is 1.23. The highest BCUT2D eigenvalue weighted by Gasteiger charge is 2.12. The zero-order valence-electron chi connectivity index (χ0n) is 15.1. The second-order valence-corrected chi connectivity index (χ2v) is 5.74. The Bertz CT molecular complexity index is 530. The Morgan fingerprint density at radius 1 is 1.12 bits per heavy atom. The van der Waals surface area contributed by atoms with E-state index in [1.807, 2.05) is 12.1 Å². The third-order valence-electron chi connectivity index (χ3n) is 4.20. The van der Waals surface area contributed by atoms with Crippen molar-refractivity contribution in [2.45, 2.75) is 26.7 Å². The summed E-state index contributed by atoms with van der Waals surface area (Å²) in [5.74, 6) is 2.53. The molecule has 0 amide bonds. The van der Waals surface area contributed by atoms with Crippen LogP contribution in [0.1, 0.15) is 25.8 Å². The Morgan fingerprint density at radius 3 is 2.62 bits per heavy atom. The van der Waals surface area contributed by atoms with E-state index in [9.17, 15) is 0 Å². The van der Waals surface area contributed by atoms with Crippen LogP contribution in [0.4, 0.5) is 0 Å². The van der Waals surface area contributed by atoms with Crippen LogP contribution in [0.2, 0.25) is 0 Å². The molecule has 24 heavy (non-hydrogen) atoms. The first-order chi connectivity index (χ1) is 11.8. The largest absolute Gasteiger partial charge is 0.454 e. The second-order valence-electron chi connectivity index (χ2n) is 5.74. The SMILES string of the molecule is CCN(CC)CCCNC(=NC)NCCc1ccc2c(c1)OCO2. The first kappa shape index (κ1) is 18.4. The zero-order chi connectivity index (χ0) is 17.2. The lowest BCUT2D eigenvalue weighted by Gasteiger charge is -2.18. The van der Waals surface area contributed by atoms with Crippen molar-refractivity contribution in [3.05, 3.63) is 23.8 Å². The molecule has 0 spiro atoms. The van der Waals surface area contributed by atoms with Gasteiger partial charge in [0.25, 0.3) is 0 Å². The van der Waals surface area contributed by atoms with Crippen molar-refractivity contribution in [3.8, 4) is 11.5 Å². The van der Waals surface area contributed by atoms with E-state index < -0.39 is 0 Å². The molecule has 0 unspecified atom stereocenters. The summed E-state index contributed by atoms with van der Waals surface area (Å²) in [6.45, 7) is 9.82. The molecule has 0 bridgehead atoms. The highest BCUT2D eigenvalue weighted by atomic mass is 16.7. The smallest absolute Gasteiger partial charge is 0.231 e. The molecule has 6 heteroatoms. The maximum absolute atomic E-state index is 5.41. The molecule has 0 aliphatic carbocycles. The van der Waals surface area contributed by atoms with Gasteiger partial charge in [-0.3, -0.25) is 4.99 Å². The van der Waals surface area contributed by atoms with E-state index in [-0.39, 0.29) is 0 Å². The fourth-order valence-electron chi connectivity index (χ4n) is 2.69. The Morgan fingerprint density at radius 2 is 1.88 bits per heavy atom. The van der Waals surface area contributed by atoms with E-state index in [2.05, 4.69) is 40.4 Å². The number of hydrogen-bond acceptors (Lipinski definition) is 4. The van der Waals surface area contributed by atoms with Gasteiger partial charge in [-0.2, -0.15) is 0 Å². The van der Waals surface area contributed by atoms with Crippen LogP contribution in [0.15, 0.2) is 23.2 Å². The van der Waals surface area contributed by atoms with Crippen molar-refractivity contribution in [1.82, 2.24) is 15.5 Å². The summed E-state index contributed by atoms with van der Waals surface area (Å²) < 4.78 is 10.7. The molecule has 0 atom stereocenters. The molecule has 134 valence electrons. The molecule has 0 aromatic heterocycles. The van der Waals surface area contributed by atoms with E-state index in [1.165, 1.54) is 5.56 Å². The maximum atomic E-state index is 5.41. The fraction of sp³-hybridized carbons (Fsp3) is 0.611. The van der Waals surface area contributed by atoms with Gasteiger partial charge in [0.15, 0.2) is 17.5 Å². The van der Waals surface area contributed by atoms with Gasteiger partial charge in [-0.15, -0.1) is 0 Å². The van der Waals surface area contributed by atoms with Crippen molar-refractivity contribution >= 4 is 5.96 Å². The lowest BCUT2D eigenvalue weighted by atomic mass is 10.1. The van der Waals surface area contributed by atoms with Crippen molar-refractivity contribution in [2.24, 2.45) is 4.99 Å². The summed E-state index contributed by atoms with van der Waals surface area (Å²) in [4.78, 5) is 6.70. The molecule has 1 aromatic rings. The molecule has 1 aromatic carbocycles. The first-order valence-corrected chi connectivity index (χ1v) is 8.82. The fourth-order valence-corrected chi connectivity index (χ4v) is 2.69. The van der Waals surface area contributed by atoms with Crippen LogP contribution < -0.4 is 20.1 Å². The first-order valence-electron chi connectivity index (χ1n) is 8.82. The Hall–Kier alpha value is -1.95. The van der Waals surface area contributed by atoms with Gasteiger partial charge in [-0.05, 0) is 50.2 Å². The van der Waals surface area contributed by atoms with Crippen LogP contribution >= 0.6 is 0 Å². The Labute approximate surface area is 145 Å². The highest BCUT2D eigenvalue weighted by Crippen LogP contribution is 2.32. The topological polar surface area (TPSA) is 58.1 Å². The van der Waals surface area contributed by atoms with Crippen molar-refractivity contribution in [2.75, 3.05) is 46.6 Å². The van der Waals surface area contributed by atoms with E-state index in [0.717, 1.165) is 63.0 Å². The van der Waals surface area contributed by atoms with Crippen LogP contribution in [0.5, 0.6) is 11.5 Å². The average Bonchev–Trinajstić information content (AvgIpc) is 3.08. The molecule has 0 fully saturated rings. The third-order valence-corrected chi connectivity index (χ3v) is 4.20. The minimum absolute atomic E-state index is 0.321. The number of ether oxygens (including phenoxy) is 2. The summed E-state index contributed by atoms with van der Waals surface area (Å²) in [5, 5.41) is 6.72. The molecule has 2 N–H and O–H groups in total. The predicted octanol–water partition coefficient (Wildman–Crippen LogP) is 1.85. The molecule has 2 rings (SSSR count). The van der Waals surface area contributed by atoms with E-state index in [4.69, 9.17) is 9.47 Å². The minimum atomic E-state index is 0.321. The van der Waals surface area contributed by atoms with Gasteiger partial charge in [-0.1, -0.05) is 19.9 Å². The Balaban J connectivity index is 1.65. The third kappa shape index (κ3) is 5.60. The average molecular weight is 334 g/mol. The van der Waals surface area contributed by atoms with E-state index in [1.54, 1.807) is 7.05 Å². The molecule has 0 saturated heterocycles. The van der Waals surface area contributed by atoms with Crippen molar-refractivity contribution in [1.29, 1.82) is 0 Å². The maximum Gasteiger partial charge on any atom is 0.231 e. The van der Waals surface area contributed by atoms with Crippen molar-refractivity contribution in [3.63, 3.8) is 0 Å². The molecule has 1 aliphatic rings. The molecular formula is C18H30N4O2. The molecular weight excluding hydrogens is 304 g/mol. The number of nitrogens with zero attached hydrogens (tertiary/aromatic N) is 2. The standard InChI is InChI=1S/C18H30N4O2/c1-4-22(5-2)12-6-10-20-18(19-3)21-11-9-15-7-8-16-17(13-15)24-14-23-16/h7-8,13H,4-6,9-12,14H2,1-3H3,(H2,19,20,21). The lowest BCUT2D eigenvalue weighted by molar-refractivity contribution is 0.174. The Kier molecular flexibility index (Phi) is 7.68. The summed E-state index contributed by atoms with van der Waals surface area (Å²) in [7, 11) is 1.81. The molecule has 6 nitrogen and oxygen atoms in total. The van der Waals surface area contributed by atoms with Crippen LogP contribution in [0.25, 0.3) is 0 Å². The number of fused-ring (bicyclic) bond motifs is 1. The number of benzene rings is 1. The number of guanidine groups is 1. The number of hydrogen-bond donors (Lipinski definition) is 2. The van der Waals surface area contributed by atoms with Gasteiger partial charge < -0.3 is 25.0 Å². The summed E-state index contributed by atoms with van der Waals surface area (Å²) >= 11 is 0. The van der Waals surface area contributed by atoms with E-state index in [0.29, 0.717) is 6.79 Å². The van der Waals surface area contributed by atoms with Crippen LogP contribution in [-0.2, 0) is 6.42 Å². The zero-order valence-corrected chi connectivity index (χ0v) is 15.1. The highest BCUT2D eigenvalue weighted by molar-refractivity contribution is 5.79. The molecule has 0 saturated carbocycles. The predicted molar refractivity (Wildman–Crippen MR) is 98.0 cm³/mol. The number of aliphatic imine (C=N–C) groups is 1. The molecule has 1 aliphatic heterocycles. The van der Waals surface area contributed by atoms with E-state index >= 15 is 0 Å². The summed E-state index contributed by atoms with van der Waals surface area (Å²) in [6, 6.07) is 6.09. The van der Waals surface area contributed by atoms with Gasteiger partial charge in [0.2, 0.25) is 6.79 Å². The van der Waals surface area contributed by atoms with Gasteiger partial charge in [0, 0.05) is 20.1 Å². The normalized spacial score (nSPS) is 13.4. The monoisotopic (exact) mass is 334 g/mol. The van der Waals surface area contributed by atoms with Gasteiger partial charge in [-0.25, -0.2) is 0 Å². The van der Waals surface area contributed by atoms with Gasteiger partial charge in [0.1, 0.15) is 0 Å². The van der Waals surface area contributed by atoms with Crippen LogP contribution in [-0.4, -0.2) is 57.4 Å². The van der Waals surface area contributed by atoms with Crippen LogP contribution in [0, 0.1) is 0 Å². The summed E-state index contributed by atoms with van der Waals surface area (Å²) in [6.07, 6.45) is 2.03. The lowest BCUT2D eigenvalue weighted by Crippen LogP contribution is -2.39. The van der Waals surface area contributed by atoms with Gasteiger partial charge in [0.05, 0.1) is 0 Å². The second kappa shape index (κ2) is 10.0.